The van der Waals surface area contributed by atoms with Gasteiger partial charge in [0.25, 0.3) is 11.8 Å². The van der Waals surface area contributed by atoms with E-state index in [2.05, 4.69) is 5.32 Å². The van der Waals surface area contributed by atoms with Gasteiger partial charge in [-0.15, -0.1) is 0 Å². The minimum absolute atomic E-state index is 0.315. The van der Waals surface area contributed by atoms with Crippen LogP contribution in [0.2, 0.25) is 5.02 Å². The first-order valence-electron chi connectivity index (χ1n) is 9.60. The van der Waals surface area contributed by atoms with Crippen molar-refractivity contribution >= 4 is 35.1 Å². The molecule has 0 aliphatic rings. The van der Waals surface area contributed by atoms with E-state index in [-0.39, 0.29) is 10.9 Å². The zero-order chi connectivity index (χ0) is 24.1. The molecule has 2 N–H and O–H groups in total. The molecule has 6 nitrogen and oxygen atoms in total. The van der Waals surface area contributed by atoms with Crippen LogP contribution in [-0.2, 0) is 20.5 Å². The van der Waals surface area contributed by atoms with Crippen molar-refractivity contribution < 1.29 is 32.3 Å². The van der Waals surface area contributed by atoms with Crippen molar-refractivity contribution in [3.63, 3.8) is 0 Å². The molecule has 2 amide bonds. The van der Waals surface area contributed by atoms with E-state index in [1.165, 1.54) is 6.07 Å². The fraction of sp³-hybridized carbons (Fsp3) is 0.318. The summed E-state index contributed by atoms with van der Waals surface area (Å²) in [6.07, 6.45) is -4.74. The van der Waals surface area contributed by atoms with Gasteiger partial charge in [0.05, 0.1) is 16.3 Å². The highest BCUT2D eigenvalue weighted by Gasteiger charge is 2.35. The van der Waals surface area contributed by atoms with Crippen molar-refractivity contribution in [3.8, 4) is 0 Å². The molecule has 0 spiro atoms. The lowest BCUT2D eigenvalue weighted by molar-refractivity contribution is -0.150. The minimum atomic E-state index is -4.74. The standard InChI is InChI=1S/C22H22ClF3N2O4/c1-12(2)18(28-20(30)14-9-7-13(3)8-10-14)21(31)32-11-17(29)27-19-15(22(24,25)26)5-4-6-16(19)23/h4-10,12,18H,11H2,1-3H3,(H,27,29)(H,28,30)/t18-/m0/s1. The summed E-state index contributed by atoms with van der Waals surface area (Å²) in [5, 5.41) is 4.26. The molecule has 2 aromatic carbocycles. The molecule has 0 bridgehead atoms. The Bertz CT molecular complexity index is 992. The number of carbonyl (C=O) groups is 3. The van der Waals surface area contributed by atoms with E-state index in [0.29, 0.717) is 5.56 Å². The Morgan fingerprint density at radius 2 is 1.69 bits per heavy atom. The van der Waals surface area contributed by atoms with Crippen LogP contribution in [0.1, 0.15) is 35.3 Å². The lowest BCUT2D eigenvalue weighted by atomic mass is 10.0. The SMILES string of the molecule is Cc1ccc(C(=O)N[C@H](C(=O)OCC(=O)Nc2c(Cl)cccc2C(F)(F)F)C(C)C)cc1. The van der Waals surface area contributed by atoms with Gasteiger partial charge in [0.1, 0.15) is 6.04 Å². The van der Waals surface area contributed by atoms with Crippen LogP contribution >= 0.6 is 11.6 Å². The first kappa shape index (κ1) is 25.2. The normalized spacial score (nSPS) is 12.2. The van der Waals surface area contributed by atoms with Crippen molar-refractivity contribution in [1.82, 2.24) is 5.32 Å². The van der Waals surface area contributed by atoms with Gasteiger partial charge in [-0.25, -0.2) is 4.79 Å². The predicted octanol–water partition coefficient (Wildman–Crippen LogP) is 4.60. The third-order valence-electron chi connectivity index (χ3n) is 4.45. The van der Waals surface area contributed by atoms with Crippen molar-refractivity contribution in [2.24, 2.45) is 5.92 Å². The number of benzene rings is 2. The molecule has 0 saturated carbocycles. The molecule has 0 saturated heterocycles. The molecular weight excluding hydrogens is 449 g/mol. The summed E-state index contributed by atoms with van der Waals surface area (Å²) in [4.78, 5) is 37.0. The number of halogens is 4. The summed E-state index contributed by atoms with van der Waals surface area (Å²) in [5.41, 5.74) is -0.462. The van der Waals surface area contributed by atoms with E-state index < -0.39 is 47.9 Å². The van der Waals surface area contributed by atoms with Gasteiger partial charge in [0.2, 0.25) is 0 Å². The third kappa shape index (κ3) is 6.71. The van der Waals surface area contributed by atoms with E-state index in [4.69, 9.17) is 16.3 Å². The van der Waals surface area contributed by atoms with Gasteiger partial charge in [-0.1, -0.05) is 49.2 Å². The van der Waals surface area contributed by atoms with Gasteiger partial charge < -0.3 is 15.4 Å². The second-order valence-corrected chi connectivity index (χ2v) is 7.78. The van der Waals surface area contributed by atoms with Crippen LogP contribution in [-0.4, -0.2) is 30.4 Å². The monoisotopic (exact) mass is 470 g/mol. The van der Waals surface area contributed by atoms with Crippen LogP contribution in [0, 0.1) is 12.8 Å². The summed E-state index contributed by atoms with van der Waals surface area (Å²) >= 11 is 5.79. The number of nitrogens with one attached hydrogen (secondary N) is 2. The molecule has 0 aliphatic carbocycles. The van der Waals surface area contributed by atoms with Gasteiger partial charge in [-0.2, -0.15) is 13.2 Å². The third-order valence-corrected chi connectivity index (χ3v) is 4.76. The highest BCUT2D eigenvalue weighted by Crippen LogP contribution is 2.38. The number of alkyl halides is 3. The highest BCUT2D eigenvalue weighted by molar-refractivity contribution is 6.34. The van der Waals surface area contributed by atoms with E-state index >= 15 is 0 Å². The Morgan fingerprint density at radius 1 is 1.06 bits per heavy atom. The lowest BCUT2D eigenvalue weighted by Crippen LogP contribution is -2.46. The Labute approximate surface area is 188 Å². The van der Waals surface area contributed by atoms with Gasteiger partial charge in [0.15, 0.2) is 6.61 Å². The second-order valence-electron chi connectivity index (χ2n) is 7.38. The molecule has 0 fully saturated rings. The minimum Gasteiger partial charge on any atom is -0.454 e. The van der Waals surface area contributed by atoms with Gasteiger partial charge >= 0.3 is 12.1 Å². The molecular formula is C22H22ClF3N2O4. The number of rotatable bonds is 7. The summed E-state index contributed by atoms with van der Waals surface area (Å²) in [6.45, 7) is 4.34. The summed E-state index contributed by atoms with van der Waals surface area (Å²) in [5.74, 6) is -2.79. The molecule has 0 unspecified atom stereocenters. The summed E-state index contributed by atoms with van der Waals surface area (Å²) < 4.78 is 44.3. The number of ether oxygens (including phenoxy) is 1. The van der Waals surface area contributed by atoms with Crippen LogP contribution in [0.4, 0.5) is 18.9 Å². The van der Waals surface area contributed by atoms with E-state index in [1.807, 2.05) is 12.2 Å². The molecule has 32 heavy (non-hydrogen) atoms. The summed E-state index contributed by atoms with van der Waals surface area (Å²) in [6, 6.07) is 8.67. The van der Waals surface area contributed by atoms with Gasteiger partial charge in [-0.05, 0) is 37.1 Å². The van der Waals surface area contributed by atoms with Gasteiger partial charge in [-0.3, -0.25) is 9.59 Å². The van der Waals surface area contributed by atoms with Crippen LogP contribution in [0.5, 0.6) is 0 Å². The van der Waals surface area contributed by atoms with Gasteiger partial charge in [0, 0.05) is 5.56 Å². The highest BCUT2D eigenvalue weighted by atomic mass is 35.5. The maximum absolute atomic E-state index is 13.1. The van der Waals surface area contributed by atoms with Crippen LogP contribution in [0.15, 0.2) is 42.5 Å². The molecule has 0 heterocycles. The molecule has 0 radical (unpaired) electrons. The maximum Gasteiger partial charge on any atom is 0.418 e. The van der Waals surface area contributed by atoms with Crippen LogP contribution in [0.25, 0.3) is 0 Å². The topological polar surface area (TPSA) is 84.5 Å². The molecule has 2 rings (SSSR count). The number of anilines is 1. The molecule has 172 valence electrons. The number of aryl methyl sites for hydroxylation is 1. The van der Waals surface area contributed by atoms with Crippen molar-refractivity contribution in [2.75, 3.05) is 11.9 Å². The fourth-order valence-electron chi connectivity index (χ4n) is 2.72. The Balaban J connectivity index is 2.03. The largest absolute Gasteiger partial charge is 0.454 e. The van der Waals surface area contributed by atoms with Crippen molar-refractivity contribution in [1.29, 1.82) is 0 Å². The van der Waals surface area contributed by atoms with Crippen molar-refractivity contribution in [3.05, 3.63) is 64.2 Å². The number of hydrogen-bond donors (Lipinski definition) is 2. The molecule has 0 aliphatic heterocycles. The lowest BCUT2D eigenvalue weighted by Gasteiger charge is -2.21. The first-order valence-corrected chi connectivity index (χ1v) is 9.97. The number of carbonyl (C=O) groups excluding carboxylic acids is 3. The maximum atomic E-state index is 13.1. The Kier molecular flexibility index (Phi) is 8.26. The van der Waals surface area contributed by atoms with Crippen LogP contribution < -0.4 is 10.6 Å². The van der Waals surface area contributed by atoms with Crippen LogP contribution in [0.3, 0.4) is 0 Å². The first-order chi connectivity index (χ1) is 14.9. The van der Waals surface area contributed by atoms with Crippen molar-refractivity contribution in [2.45, 2.75) is 33.0 Å². The number of hydrogen-bond acceptors (Lipinski definition) is 4. The fourth-order valence-corrected chi connectivity index (χ4v) is 2.94. The van der Waals surface area contributed by atoms with E-state index in [1.54, 1.807) is 38.1 Å². The van der Waals surface area contributed by atoms with E-state index in [9.17, 15) is 27.6 Å². The quantitative estimate of drug-likeness (QED) is 0.579. The average molecular weight is 471 g/mol. The molecule has 0 aromatic heterocycles. The average Bonchev–Trinajstić information content (AvgIpc) is 2.71. The number of esters is 1. The molecule has 10 heteroatoms. The number of amides is 2. The zero-order valence-electron chi connectivity index (χ0n) is 17.5. The number of para-hydroxylation sites is 1. The molecule has 2 aromatic rings. The molecule has 1 atom stereocenters. The predicted molar refractivity (Wildman–Crippen MR) is 113 cm³/mol. The summed E-state index contributed by atoms with van der Waals surface area (Å²) in [7, 11) is 0. The Morgan fingerprint density at radius 3 is 2.25 bits per heavy atom. The van der Waals surface area contributed by atoms with E-state index in [0.717, 1.165) is 17.7 Å². The Hall–Kier alpha value is -3.07. The second kappa shape index (κ2) is 10.5. The smallest absolute Gasteiger partial charge is 0.418 e. The zero-order valence-corrected chi connectivity index (χ0v) is 18.3.